The molecule has 0 fully saturated rings. The summed E-state index contributed by atoms with van der Waals surface area (Å²) in [6.45, 7) is 10.0. The lowest BCUT2D eigenvalue weighted by Crippen LogP contribution is -2.13. The molecule has 0 aliphatic heterocycles. The average molecular weight is 467 g/mol. The lowest BCUT2D eigenvalue weighted by atomic mass is 10.0. The van der Waals surface area contributed by atoms with E-state index in [1.807, 2.05) is 0 Å². The van der Waals surface area contributed by atoms with Crippen LogP contribution in [0.5, 0.6) is 5.75 Å². The molecule has 5 nitrogen and oxygen atoms in total. The van der Waals surface area contributed by atoms with Crippen molar-refractivity contribution < 1.29 is 23.7 Å². The van der Waals surface area contributed by atoms with Crippen molar-refractivity contribution in [1.29, 1.82) is 0 Å². The van der Waals surface area contributed by atoms with Gasteiger partial charge in [0.2, 0.25) is 0 Å². The maximum absolute atomic E-state index is 5.76. The zero-order valence-corrected chi connectivity index (χ0v) is 21.5. The van der Waals surface area contributed by atoms with Crippen LogP contribution in [-0.2, 0) is 25.4 Å². The molecule has 0 spiro atoms. The van der Waals surface area contributed by atoms with Gasteiger partial charge < -0.3 is 23.7 Å². The van der Waals surface area contributed by atoms with Gasteiger partial charge in [0, 0.05) is 6.61 Å². The highest BCUT2D eigenvalue weighted by Crippen LogP contribution is 2.15. The van der Waals surface area contributed by atoms with E-state index >= 15 is 0 Å². The van der Waals surface area contributed by atoms with E-state index in [1.165, 1.54) is 63.4 Å². The highest BCUT2D eigenvalue weighted by molar-refractivity contribution is 5.27. The zero-order chi connectivity index (χ0) is 23.7. The number of hydrogen-bond donors (Lipinski definition) is 0. The van der Waals surface area contributed by atoms with Gasteiger partial charge in [-0.3, -0.25) is 0 Å². The molecule has 0 amide bonds. The molecule has 0 aromatic heterocycles. The molecule has 1 aromatic carbocycles. The molecule has 1 rings (SSSR count). The van der Waals surface area contributed by atoms with Gasteiger partial charge in [-0.15, -0.1) is 0 Å². The van der Waals surface area contributed by atoms with Gasteiger partial charge in [-0.2, -0.15) is 0 Å². The quantitative estimate of drug-likeness (QED) is 0.152. The van der Waals surface area contributed by atoms with E-state index in [1.54, 1.807) is 0 Å². The lowest BCUT2D eigenvalue weighted by Gasteiger charge is -2.09. The third-order valence-corrected chi connectivity index (χ3v) is 5.50. The molecular formula is C28H50O5. The van der Waals surface area contributed by atoms with Gasteiger partial charge in [-0.05, 0) is 37.0 Å². The van der Waals surface area contributed by atoms with Gasteiger partial charge >= 0.3 is 0 Å². The second-order valence-electron chi connectivity index (χ2n) is 8.52. The zero-order valence-electron chi connectivity index (χ0n) is 21.5. The number of ether oxygens (including phenoxy) is 5. The topological polar surface area (TPSA) is 46.2 Å². The van der Waals surface area contributed by atoms with E-state index in [2.05, 4.69) is 38.1 Å². The molecule has 0 aliphatic carbocycles. The summed E-state index contributed by atoms with van der Waals surface area (Å²) in [7, 11) is 0. The molecular weight excluding hydrogens is 416 g/mol. The van der Waals surface area contributed by atoms with Crippen LogP contribution in [0.25, 0.3) is 0 Å². The Hall–Kier alpha value is -1.14. The molecule has 0 atom stereocenters. The summed E-state index contributed by atoms with van der Waals surface area (Å²) in [5, 5.41) is 0. The van der Waals surface area contributed by atoms with Gasteiger partial charge in [0.15, 0.2) is 0 Å². The van der Waals surface area contributed by atoms with Gasteiger partial charge in [0.1, 0.15) is 12.4 Å². The van der Waals surface area contributed by atoms with Crippen LogP contribution in [0.4, 0.5) is 0 Å². The minimum absolute atomic E-state index is 0.554. The number of hydrogen-bond acceptors (Lipinski definition) is 5. The van der Waals surface area contributed by atoms with E-state index in [0.717, 1.165) is 25.2 Å². The monoisotopic (exact) mass is 466 g/mol. The van der Waals surface area contributed by atoms with Gasteiger partial charge in [-0.25, -0.2) is 0 Å². The van der Waals surface area contributed by atoms with Crippen molar-refractivity contribution >= 4 is 0 Å². The fraction of sp³-hybridized carbons (Fsp3) is 0.786. The Balaban J connectivity index is 1.84. The Morgan fingerprint density at radius 2 is 0.909 bits per heavy atom. The summed E-state index contributed by atoms with van der Waals surface area (Å²) in [6, 6.07) is 8.50. The number of rotatable bonds is 25. The molecule has 1 aromatic rings. The maximum Gasteiger partial charge on any atom is 0.119 e. The minimum atomic E-state index is 0.554. The first-order chi connectivity index (χ1) is 16.4. The van der Waals surface area contributed by atoms with Crippen molar-refractivity contribution in [2.24, 2.45) is 0 Å². The van der Waals surface area contributed by atoms with Crippen molar-refractivity contribution in [3.63, 3.8) is 0 Å². The summed E-state index contributed by atoms with van der Waals surface area (Å²) < 4.78 is 27.8. The van der Waals surface area contributed by atoms with Gasteiger partial charge in [0.25, 0.3) is 0 Å². The fourth-order valence-electron chi connectivity index (χ4n) is 3.47. The smallest absolute Gasteiger partial charge is 0.119 e. The Morgan fingerprint density at radius 3 is 1.48 bits per heavy atom. The predicted octanol–water partition coefficient (Wildman–Crippen LogP) is 6.62. The Labute approximate surface area is 203 Å². The summed E-state index contributed by atoms with van der Waals surface area (Å²) >= 11 is 0. The van der Waals surface area contributed by atoms with Crippen molar-refractivity contribution in [3.05, 3.63) is 29.8 Å². The lowest BCUT2D eigenvalue weighted by molar-refractivity contribution is -0.00485. The van der Waals surface area contributed by atoms with E-state index in [4.69, 9.17) is 23.7 Å². The first-order valence-electron chi connectivity index (χ1n) is 13.4. The SMILES string of the molecule is CCCCCCCCCc1ccc(OCCOCCOCCOCCOCCCCC)cc1. The third-order valence-electron chi connectivity index (χ3n) is 5.50. The maximum atomic E-state index is 5.76. The second-order valence-corrected chi connectivity index (χ2v) is 8.52. The van der Waals surface area contributed by atoms with Gasteiger partial charge in [0.05, 0.1) is 46.2 Å². The Kier molecular flexibility index (Phi) is 21.7. The van der Waals surface area contributed by atoms with Crippen LogP contribution in [0, 0.1) is 0 Å². The van der Waals surface area contributed by atoms with Crippen LogP contribution < -0.4 is 4.74 Å². The second kappa shape index (κ2) is 24.0. The first-order valence-corrected chi connectivity index (χ1v) is 13.4. The fourth-order valence-corrected chi connectivity index (χ4v) is 3.47. The molecule has 0 saturated carbocycles. The Morgan fingerprint density at radius 1 is 0.455 bits per heavy atom. The number of unbranched alkanes of at least 4 members (excludes halogenated alkanes) is 8. The standard InChI is InChI=1S/C28H50O5/c1-3-5-7-8-9-10-11-13-27-14-16-28(17-15-27)33-26-25-32-24-23-31-22-21-30-20-19-29-18-12-6-4-2/h14-17H,3-13,18-26H2,1-2H3. The third kappa shape index (κ3) is 20.0. The molecule has 0 aliphatic rings. The number of aryl methyl sites for hydroxylation is 1. The van der Waals surface area contributed by atoms with E-state index in [0.29, 0.717) is 52.9 Å². The molecule has 192 valence electrons. The predicted molar refractivity (Wildman–Crippen MR) is 136 cm³/mol. The molecule has 0 radical (unpaired) electrons. The van der Waals surface area contributed by atoms with E-state index in [-0.39, 0.29) is 0 Å². The van der Waals surface area contributed by atoms with Crippen LogP contribution in [0.2, 0.25) is 0 Å². The first kappa shape index (κ1) is 29.9. The molecule has 33 heavy (non-hydrogen) atoms. The highest BCUT2D eigenvalue weighted by atomic mass is 16.6. The molecule has 5 heteroatoms. The summed E-state index contributed by atoms with van der Waals surface area (Å²) in [5.41, 5.74) is 1.40. The van der Waals surface area contributed by atoms with Crippen molar-refractivity contribution in [3.8, 4) is 5.75 Å². The molecule has 0 N–H and O–H groups in total. The largest absolute Gasteiger partial charge is 0.491 e. The van der Waals surface area contributed by atoms with Crippen molar-refractivity contribution in [2.75, 3.05) is 59.5 Å². The summed E-state index contributed by atoms with van der Waals surface area (Å²) in [5.74, 6) is 0.907. The van der Waals surface area contributed by atoms with E-state index < -0.39 is 0 Å². The highest BCUT2D eigenvalue weighted by Gasteiger charge is 1.98. The number of benzene rings is 1. The average Bonchev–Trinajstić information content (AvgIpc) is 2.84. The minimum Gasteiger partial charge on any atom is -0.491 e. The van der Waals surface area contributed by atoms with Crippen LogP contribution in [-0.4, -0.2) is 59.5 Å². The Bertz CT molecular complexity index is 506. The summed E-state index contributed by atoms with van der Waals surface area (Å²) in [4.78, 5) is 0. The molecule has 0 bridgehead atoms. The van der Waals surface area contributed by atoms with Crippen molar-refractivity contribution in [2.45, 2.75) is 84.5 Å². The van der Waals surface area contributed by atoms with Crippen molar-refractivity contribution in [1.82, 2.24) is 0 Å². The normalized spacial score (nSPS) is 11.2. The van der Waals surface area contributed by atoms with Gasteiger partial charge in [-0.1, -0.05) is 77.3 Å². The summed E-state index contributed by atoms with van der Waals surface area (Å²) in [6.07, 6.45) is 14.2. The van der Waals surface area contributed by atoms with Crippen LogP contribution in [0.15, 0.2) is 24.3 Å². The van der Waals surface area contributed by atoms with Crippen LogP contribution >= 0.6 is 0 Å². The molecule has 0 heterocycles. The van der Waals surface area contributed by atoms with Crippen LogP contribution in [0.3, 0.4) is 0 Å². The van der Waals surface area contributed by atoms with E-state index in [9.17, 15) is 0 Å². The van der Waals surface area contributed by atoms with Crippen LogP contribution in [0.1, 0.15) is 83.6 Å². The molecule has 0 saturated heterocycles. The molecule has 0 unspecified atom stereocenters.